The molecule has 7 nitrogen and oxygen atoms in total. The Morgan fingerprint density at radius 1 is 1.33 bits per heavy atom. The Bertz CT molecular complexity index is 939. The molecule has 1 amide bonds. The van der Waals surface area contributed by atoms with Gasteiger partial charge in [0.15, 0.2) is 0 Å². The van der Waals surface area contributed by atoms with Crippen molar-refractivity contribution in [3.8, 4) is 17.2 Å². The number of carbonyl (C=O) groups excluding carboxylic acids is 1. The average Bonchev–Trinajstić information content (AvgIpc) is 3.13. The zero-order valence-corrected chi connectivity index (χ0v) is 18.4. The van der Waals surface area contributed by atoms with Crippen LogP contribution in [0.5, 0.6) is 0 Å². The number of morpholine rings is 1. The summed E-state index contributed by atoms with van der Waals surface area (Å²) in [6.45, 7) is 3.08. The molecule has 3 rings (SSSR count). The van der Waals surface area contributed by atoms with Gasteiger partial charge in [0.1, 0.15) is 15.9 Å². The molecule has 2 N–H and O–H groups in total. The van der Waals surface area contributed by atoms with E-state index in [9.17, 15) is 10.1 Å². The zero-order valence-electron chi connectivity index (χ0n) is 16.1. The monoisotopic (exact) mass is 469 g/mol. The van der Waals surface area contributed by atoms with Crippen LogP contribution in [0, 0.1) is 11.3 Å². The molecule has 10 heteroatoms. The number of carbonyl (C=O) groups is 1. The second kappa shape index (κ2) is 11.0. The highest BCUT2D eigenvalue weighted by molar-refractivity contribution is 7.19. The number of nitriles is 1. The van der Waals surface area contributed by atoms with Gasteiger partial charge in [0.05, 0.1) is 38.6 Å². The third-order valence-corrected chi connectivity index (χ3v) is 6.27. The van der Waals surface area contributed by atoms with Crippen LogP contribution in [-0.2, 0) is 9.47 Å². The number of ether oxygens (including phenoxy) is 2. The summed E-state index contributed by atoms with van der Waals surface area (Å²) < 4.78 is 10.6. The highest BCUT2D eigenvalue weighted by atomic mass is 35.5. The van der Waals surface area contributed by atoms with E-state index in [1.165, 1.54) is 11.3 Å². The van der Waals surface area contributed by atoms with E-state index in [4.69, 9.17) is 37.8 Å². The molecule has 1 aliphatic heterocycles. The Hall–Kier alpha value is -1.86. The first-order valence-corrected chi connectivity index (χ1v) is 11.0. The van der Waals surface area contributed by atoms with Crippen molar-refractivity contribution in [2.75, 3.05) is 57.6 Å². The van der Waals surface area contributed by atoms with Crippen LogP contribution in [0.3, 0.4) is 0 Å². The van der Waals surface area contributed by atoms with Gasteiger partial charge >= 0.3 is 0 Å². The summed E-state index contributed by atoms with van der Waals surface area (Å²) in [5.74, 6) is -0.315. The molecule has 0 atom stereocenters. The summed E-state index contributed by atoms with van der Waals surface area (Å²) in [7, 11) is 0. The van der Waals surface area contributed by atoms with E-state index in [0.717, 1.165) is 5.00 Å². The first-order chi connectivity index (χ1) is 14.6. The van der Waals surface area contributed by atoms with E-state index < -0.39 is 0 Å². The van der Waals surface area contributed by atoms with Crippen molar-refractivity contribution >= 4 is 45.4 Å². The first-order valence-electron chi connectivity index (χ1n) is 9.38. The Morgan fingerprint density at radius 3 is 2.77 bits per heavy atom. The van der Waals surface area contributed by atoms with Gasteiger partial charge in [-0.25, -0.2) is 0 Å². The molecule has 1 aliphatic rings. The molecule has 1 fully saturated rings. The molecule has 0 saturated carbocycles. The second-order valence-corrected chi connectivity index (χ2v) is 8.26. The lowest BCUT2D eigenvalue weighted by Crippen LogP contribution is -2.36. The predicted octanol–water partition coefficient (Wildman–Crippen LogP) is 3.17. The Balaban J connectivity index is 1.99. The average molecular weight is 470 g/mol. The molecular weight excluding hydrogens is 449 g/mol. The summed E-state index contributed by atoms with van der Waals surface area (Å²) >= 11 is 13.7. The number of aliphatic hydroxyl groups excluding tert-OH is 1. The van der Waals surface area contributed by atoms with Crippen molar-refractivity contribution in [3.63, 3.8) is 0 Å². The number of anilines is 1. The van der Waals surface area contributed by atoms with Gasteiger partial charge in [-0.3, -0.25) is 4.79 Å². The molecule has 0 radical (unpaired) electrons. The third-order valence-electron chi connectivity index (χ3n) is 4.47. The van der Waals surface area contributed by atoms with Crippen LogP contribution in [0.1, 0.15) is 15.2 Å². The van der Waals surface area contributed by atoms with Crippen LogP contribution in [-0.4, -0.2) is 63.7 Å². The van der Waals surface area contributed by atoms with Crippen LogP contribution in [0.15, 0.2) is 18.2 Å². The van der Waals surface area contributed by atoms with E-state index in [-0.39, 0.29) is 32.3 Å². The molecule has 2 heterocycles. The molecule has 160 valence electrons. The normalized spacial score (nSPS) is 13.9. The number of hydrogen-bond acceptors (Lipinski definition) is 7. The molecule has 0 aliphatic carbocycles. The Morgan fingerprint density at radius 2 is 2.10 bits per heavy atom. The second-order valence-electron chi connectivity index (χ2n) is 6.41. The summed E-state index contributed by atoms with van der Waals surface area (Å²) in [5, 5.41) is 23.1. The molecule has 30 heavy (non-hydrogen) atoms. The van der Waals surface area contributed by atoms with Crippen LogP contribution in [0.4, 0.5) is 5.00 Å². The van der Waals surface area contributed by atoms with E-state index in [1.54, 1.807) is 18.2 Å². The minimum Gasteiger partial charge on any atom is -0.394 e. The Kier molecular flexibility index (Phi) is 8.33. The van der Waals surface area contributed by atoms with E-state index >= 15 is 0 Å². The van der Waals surface area contributed by atoms with Crippen molar-refractivity contribution in [3.05, 3.63) is 38.7 Å². The summed E-state index contributed by atoms with van der Waals surface area (Å²) in [6, 6.07) is 7.26. The van der Waals surface area contributed by atoms with E-state index in [0.29, 0.717) is 57.9 Å². The predicted molar refractivity (Wildman–Crippen MR) is 118 cm³/mol. The molecule has 1 aromatic heterocycles. The quantitative estimate of drug-likeness (QED) is 0.576. The number of thiophene rings is 1. The van der Waals surface area contributed by atoms with Gasteiger partial charge in [-0.05, 0) is 12.1 Å². The van der Waals surface area contributed by atoms with Gasteiger partial charge in [0.2, 0.25) is 0 Å². The number of benzene rings is 1. The van der Waals surface area contributed by atoms with Crippen LogP contribution in [0.2, 0.25) is 10.0 Å². The van der Waals surface area contributed by atoms with Crippen molar-refractivity contribution in [2.24, 2.45) is 0 Å². The van der Waals surface area contributed by atoms with Gasteiger partial charge in [-0.2, -0.15) is 5.26 Å². The summed E-state index contributed by atoms with van der Waals surface area (Å²) in [6.07, 6.45) is 0. The van der Waals surface area contributed by atoms with Gasteiger partial charge in [0, 0.05) is 40.8 Å². The number of nitrogens with one attached hydrogen (secondary N) is 1. The minimum absolute atomic E-state index is 0.0769. The topological polar surface area (TPSA) is 94.8 Å². The number of aliphatic hydroxyl groups is 1. The lowest BCUT2D eigenvalue weighted by molar-refractivity contribution is 0.0841. The SMILES string of the molecule is N#Cc1c(N2CCOCC2)sc(C(=O)NCCOCCO)c1-c1ccc(Cl)cc1Cl. The fraction of sp³-hybridized carbons (Fsp3) is 0.400. The highest BCUT2D eigenvalue weighted by Crippen LogP contribution is 2.44. The van der Waals surface area contributed by atoms with Gasteiger partial charge in [0.25, 0.3) is 5.91 Å². The minimum atomic E-state index is -0.315. The lowest BCUT2D eigenvalue weighted by Gasteiger charge is -2.27. The van der Waals surface area contributed by atoms with Gasteiger partial charge < -0.3 is 24.8 Å². The van der Waals surface area contributed by atoms with E-state index in [2.05, 4.69) is 16.3 Å². The van der Waals surface area contributed by atoms with Crippen molar-refractivity contribution in [1.29, 1.82) is 5.26 Å². The summed E-state index contributed by atoms with van der Waals surface area (Å²) in [4.78, 5) is 15.4. The van der Waals surface area contributed by atoms with Crippen LogP contribution < -0.4 is 10.2 Å². The van der Waals surface area contributed by atoms with Crippen LogP contribution >= 0.6 is 34.5 Å². The molecule has 0 unspecified atom stereocenters. The van der Waals surface area contributed by atoms with E-state index in [1.807, 2.05) is 0 Å². The summed E-state index contributed by atoms with van der Waals surface area (Å²) in [5.41, 5.74) is 1.49. The smallest absolute Gasteiger partial charge is 0.262 e. The maximum Gasteiger partial charge on any atom is 0.262 e. The fourth-order valence-electron chi connectivity index (χ4n) is 3.10. The molecule has 1 aromatic carbocycles. The lowest BCUT2D eigenvalue weighted by atomic mass is 10.0. The fourth-order valence-corrected chi connectivity index (χ4v) is 4.84. The highest BCUT2D eigenvalue weighted by Gasteiger charge is 2.28. The van der Waals surface area contributed by atoms with Crippen LogP contribution in [0.25, 0.3) is 11.1 Å². The first kappa shape index (κ1) is 22.8. The third kappa shape index (κ3) is 5.24. The van der Waals surface area contributed by atoms with Crippen molar-refractivity contribution < 1.29 is 19.4 Å². The van der Waals surface area contributed by atoms with Gasteiger partial charge in [-0.15, -0.1) is 11.3 Å². The number of amides is 1. The zero-order chi connectivity index (χ0) is 21.5. The van der Waals surface area contributed by atoms with Crippen molar-refractivity contribution in [2.45, 2.75) is 0 Å². The number of nitrogens with zero attached hydrogens (tertiary/aromatic N) is 2. The Labute approximate surface area is 188 Å². The largest absolute Gasteiger partial charge is 0.394 e. The van der Waals surface area contributed by atoms with Crippen molar-refractivity contribution in [1.82, 2.24) is 5.32 Å². The van der Waals surface area contributed by atoms with Gasteiger partial charge in [-0.1, -0.05) is 29.3 Å². The standard InChI is InChI=1S/C20H21Cl2N3O4S/c21-13-1-2-14(16(22)11-13)17-15(12-23)20(25-4-8-29-9-5-25)30-18(17)19(27)24-3-7-28-10-6-26/h1-2,11,26H,3-10H2,(H,24,27). The maximum absolute atomic E-state index is 13.0. The molecule has 2 aromatic rings. The number of halogens is 2. The molecular formula is C20H21Cl2N3O4S. The number of hydrogen-bond donors (Lipinski definition) is 2. The maximum atomic E-state index is 13.0. The molecule has 0 bridgehead atoms. The molecule has 1 saturated heterocycles. The molecule has 0 spiro atoms. The number of rotatable bonds is 8.